The maximum absolute atomic E-state index is 13.6. The summed E-state index contributed by atoms with van der Waals surface area (Å²) in [5, 5.41) is 0. The number of nitrogens with zero attached hydrogens (tertiary/aromatic N) is 6. The molecular weight excluding hydrogens is 640 g/mol. The predicted molar refractivity (Wildman–Crippen MR) is 200 cm³/mol. The van der Waals surface area contributed by atoms with Crippen molar-refractivity contribution < 1.29 is 14.3 Å². The van der Waals surface area contributed by atoms with E-state index in [1.54, 1.807) is 0 Å². The number of aromatic amines is 2. The summed E-state index contributed by atoms with van der Waals surface area (Å²) in [5.74, 6) is 3.85. The number of nitrogens with one attached hydrogen (secondary N) is 2. The standard InChI is InChI=1S/C40H54N8O3/c1-25(2)35(45(5)6)39(49)47-20-10-14-33(47)37-41-23-31(43-37)27-16-18-29(19-17-27)51-30-13-9-12-28(22-30)32-24-42-38(44-32)34-15-11-21-48(34)40(50)36(26(3)4)46(7)8/h9,12-13,16-19,22-26,33-36H,10-11,14-15,20-21H2,1-8H3,(H,41,43)(H,42,44)/t33-,34-,35-,36-/m0/s1. The molecule has 11 nitrogen and oxygen atoms in total. The molecule has 2 fully saturated rings. The minimum atomic E-state index is -0.161. The average molecular weight is 695 g/mol. The van der Waals surface area contributed by atoms with E-state index in [2.05, 4.69) is 37.7 Å². The van der Waals surface area contributed by atoms with Gasteiger partial charge in [0.1, 0.15) is 23.1 Å². The SMILES string of the molecule is CC(C)[C@@H](C(=O)N1CCC[C@H]1c1nc(-c2cccc(Oc3ccc(-c4cnc([C@@H]5CCCN5C(=O)[C@H](C(C)C)N(C)C)[nH]4)cc3)c2)c[nH]1)N(C)C. The average Bonchev–Trinajstić information content (AvgIpc) is 3.91. The van der Waals surface area contributed by atoms with Gasteiger partial charge in [0, 0.05) is 24.8 Å². The third kappa shape index (κ3) is 7.74. The number of carbonyl (C=O) groups excluding carboxylic acids is 2. The van der Waals surface area contributed by atoms with E-state index in [9.17, 15) is 9.59 Å². The minimum absolute atomic E-state index is 0.0483. The van der Waals surface area contributed by atoms with E-state index in [1.807, 2.05) is 109 Å². The zero-order valence-corrected chi connectivity index (χ0v) is 31.4. The van der Waals surface area contributed by atoms with E-state index < -0.39 is 0 Å². The third-order valence-corrected chi connectivity index (χ3v) is 10.3. The molecule has 0 spiro atoms. The number of hydrogen-bond donors (Lipinski definition) is 2. The smallest absolute Gasteiger partial charge is 0.240 e. The molecule has 0 radical (unpaired) electrons. The first-order chi connectivity index (χ1) is 24.4. The Morgan fingerprint density at radius 2 is 1.37 bits per heavy atom. The Hall–Kier alpha value is -4.48. The van der Waals surface area contributed by atoms with Crippen LogP contribution in [0.1, 0.15) is 77.1 Å². The molecule has 2 aliphatic rings. The van der Waals surface area contributed by atoms with Gasteiger partial charge in [0.25, 0.3) is 0 Å². The molecule has 2 aromatic carbocycles. The Labute approximate surface area is 302 Å². The summed E-state index contributed by atoms with van der Waals surface area (Å²) in [6.45, 7) is 9.89. The van der Waals surface area contributed by atoms with Crippen molar-refractivity contribution in [2.24, 2.45) is 11.8 Å². The summed E-state index contributed by atoms with van der Waals surface area (Å²) in [7, 11) is 7.89. The lowest BCUT2D eigenvalue weighted by molar-refractivity contribution is -0.139. The van der Waals surface area contributed by atoms with Crippen molar-refractivity contribution >= 4 is 11.8 Å². The highest BCUT2D eigenvalue weighted by atomic mass is 16.5. The second-order valence-corrected chi connectivity index (χ2v) is 15.2. The van der Waals surface area contributed by atoms with Gasteiger partial charge in [0.05, 0.1) is 41.8 Å². The fourth-order valence-corrected chi connectivity index (χ4v) is 8.04. The summed E-state index contributed by atoms with van der Waals surface area (Å²) in [5.41, 5.74) is 3.65. The predicted octanol–water partition coefficient (Wildman–Crippen LogP) is 6.76. The van der Waals surface area contributed by atoms with E-state index >= 15 is 0 Å². The van der Waals surface area contributed by atoms with Crippen LogP contribution in [0.5, 0.6) is 11.5 Å². The number of H-pyrrole nitrogens is 2. The van der Waals surface area contributed by atoms with E-state index in [4.69, 9.17) is 14.7 Å². The molecule has 51 heavy (non-hydrogen) atoms. The van der Waals surface area contributed by atoms with E-state index in [0.717, 1.165) is 78.7 Å². The molecule has 2 aliphatic heterocycles. The van der Waals surface area contributed by atoms with Crippen LogP contribution >= 0.6 is 0 Å². The third-order valence-electron chi connectivity index (χ3n) is 10.3. The van der Waals surface area contributed by atoms with Crippen molar-refractivity contribution in [1.82, 2.24) is 39.5 Å². The second kappa shape index (κ2) is 15.4. The maximum atomic E-state index is 13.6. The van der Waals surface area contributed by atoms with Crippen LogP contribution in [0, 0.1) is 11.8 Å². The first-order valence-corrected chi connectivity index (χ1v) is 18.4. The summed E-state index contributed by atoms with van der Waals surface area (Å²) in [6, 6.07) is 15.4. The van der Waals surface area contributed by atoms with Crippen molar-refractivity contribution in [2.45, 2.75) is 77.5 Å². The molecule has 0 saturated carbocycles. The lowest BCUT2D eigenvalue weighted by atomic mass is 10.0. The minimum Gasteiger partial charge on any atom is -0.457 e. The van der Waals surface area contributed by atoms with Crippen LogP contribution in [0.2, 0.25) is 0 Å². The van der Waals surface area contributed by atoms with Crippen LogP contribution < -0.4 is 4.74 Å². The quantitative estimate of drug-likeness (QED) is 0.169. The highest BCUT2D eigenvalue weighted by molar-refractivity contribution is 5.83. The van der Waals surface area contributed by atoms with Gasteiger partial charge in [0.15, 0.2) is 0 Å². The monoisotopic (exact) mass is 694 g/mol. The van der Waals surface area contributed by atoms with Gasteiger partial charge in [-0.1, -0.05) is 39.8 Å². The number of amides is 2. The molecule has 272 valence electrons. The molecule has 11 heteroatoms. The topological polar surface area (TPSA) is 114 Å². The lowest BCUT2D eigenvalue weighted by Crippen LogP contribution is -2.48. The summed E-state index contributed by atoms with van der Waals surface area (Å²) >= 11 is 0. The Bertz CT molecular complexity index is 1780. The van der Waals surface area contributed by atoms with E-state index in [-0.39, 0.29) is 47.8 Å². The Balaban J connectivity index is 1.11. The zero-order valence-electron chi connectivity index (χ0n) is 31.4. The number of hydrogen-bond acceptors (Lipinski definition) is 7. The normalized spacial score (nSPS) is 19.1. The van der Waals surface area contributed by atoms with Gasteiger partial charge in [-0.3, -0.25) is 19.4 Å². The molecule has 4 aromatic rings. The van der Waals surface area contributed by atoms with Gasteiger partial charge in [-0.15, -0.1) is 0 Å². The van der Waals surface area contributed by atoms with Crippen LogP contribution in [0.15, 0.2) is 60.9 Å². The van der Waals surface area contributed by atoms with Crippen molar-refractivity contribution in [3.63, 3.8) is 0 Å². The Morgan fingerprint density at radius 3 is 1.94 bits per heavy atom. The van der Waals surface area contributed by atoms with Gasteiger partial charge < -0.3 is 24.5 Å². The highest BCUT2D eigenvalue weighted by Crippen LogP contribution is 2.36. The Kier molecular flexibility index (Phi) is 11.0. The summed E-state index contributed by atoms with van der Waals surface area (Å²) in [4.78, 5) is 51.7. The van der Waals surface area contributed by atoms with Gasteiger partial charge in [-0.05, 0) is 108 Å². The molecule has 2 aromatic heterocycles. The molecule has 4 heterocycles. The van der Waals surface area contributed by atoms with Crippen molar-refractivity contribution in [1.29, 1.82) is 0 Å². The number of aromatic nitrogens is 4. The van der Waals surface area contributed by atoms with Gasteiger partial charge in [0.2, 0.25) is 11.8 Å². The van der Waals surface area contributed by atoms with Crippen LogP contribution in [-0.2, 0) is 9.59 Å². The zero-order chi connectivity index (χ0) is 36.4. The van der Waals surface area contributed by atoms with Crippen LogP contribution in [0.3, 0.4) is 0 Å². The van der Waals surface area contributed by atoms with Gasteiger partial charge >= 0.3 is 0 Å². The van der Waals surface area contributed by atoms with Gasteiger partial charge in [-0.2, -0.15) is 0 Å². The molecule has 6 rings (SSSR count). The second-order valence-electron chi connectivity index (χ2n) is 15.2. The van der Waals surface area contributed by atoms with Crippen LogP contribution in [0.4, 0.5) is 0 Å². The molecule has 0 unspecified atom stereocenters. The molecule has 2 N–H and O–H groups in total. The van der Waals surface area contributed by atoms with Crippen LogP contribution in [0.25, 0.3) is 22.5 Å². The van der Waals surface area contributed by atoms with Crippen molar-refractivity contribution in [3.8, 4) is 34.0 Å². The molecular formula is C40H54N8O3. The number of likely N-dealkylation sites (N-methyl/N-ethyl adjacent to an activating group) is 2. The highest BCUT2D eigenvalue weighted by Gasteiger charge is 2.39. The first kappa shape index (κ1) is 36.3. The molecule has 4 atom stereocenters. The summed E-state index contributed by atoms with van der Waals surface area (Å²) < 4.78 is 6.28. The van der Waals surface area contributed by atoms with Crippen LogP contribution in [-0.4, -0.2) is 105 Å². The fourth-order valence-electron chi connectivity index (χ4n) is 8.04. The number of carbonyl (C=O) groups is 2. The van der Waals surface area contributed by atoms with Gasteiger partial charge in [-0.25, -0.2) is 9.97 Å². The number of rotatable bonds is 12. The first-order valence-electron chi connectivity index (χ1n) is 18.4. The van der Waals surface area contributed by atoms with E-state index in [0.29, 0.717) is 5.75 Å². The lowest BCUT2D eigenvalue weighted by Gasteiger charge is -2.33. The molecule has 0 aliphatic carbocycles. The Morgan fingerprint density at radius 1 is 0.784 bits per heavy atom. The number of benzene rings is 2. The molecule has 2 saturated heterocycles. The van der Waals surface area contributed by atoms with E-state index in [1.165, 1.54) is 0 Å². The number of imidazole rings is 2. The molecule has 0 bridgehead atoms. The maximum Gasteiger partial charge on any atom is 0.240 e. The van der Waals surface area contributed by atoms with Crippen molar-refractivity contribution in [2.75, 3.05) is 41.3 Å². The molecule has 2 amide bonds. The largest absolute Gasteiger partial charge is 0.457 e. The number of likely N-dealkylation sites (tertiary alicyclic amines) is 2. The van der Waals surface area contributed by atoms with Crippen molar-refractivity contribution in [3.05, 3.63) is 72.6 Å². The fraction of sp³-hybridized carbons (Fsp3) is 0.500. The number of ether oxygens (including phenoxy) is 1. The summed E-state index contributed by atoms with van der Waals surface area (Å²) in [6.07, 6.45) is 7.49.